The van der Waals surface area contributed by atoms with Gasteiger partial charge in [0.05, 0.1) is 5.75 Å². The van der Waals surface area contributed by atoms with Gasteiger partial charge in [0.25, 0.3) is 0 Å². The van der Waals surface area contributed by atoms with Crippen LogP contribution < -0.4 is 0 Å². The average Bonchev–Trinajstić information content (AvgIpc) is 2.68. The van der Waals surface area contributed by atoms with E-state index in [4.69, 9.17) is 22.3 Å². The van der Waals surface area contributed by atoms with Crippen molar-refractivity contribution in [2.45, 2.75) is 18.1 Å². The molecule has 1 aliphatic rings. The summed E-state index contributed by atoms with van der Waals surface area (Å²) in [6.07, 6.45) is 1.14. The lowest BCUT2D eigenvalue weighted by Gasteiger charge is -2.12. The van der Waals surface area contributed by atoms with Crippen LogP contribution in [0.1, 0.15) is 23.5 Å². The van der Waals surface area contributed by atoms with Crippen molar-refractivity contribution in [2.24, 2.45) is 0 Å². The molecule has 0 aromatic heterocycles. The van der Waals surface area contributed by atoms with E-state index < -0.39 is 9.05 Å². The Labute approximate surface area is 115 Å². The molecule has 94 valence electrons. The smallest absolute Gasteiger partial charge is 0.212 e. The SMILES string of the molecule is O=S(=O)(Cl)Cc1ccc(C2CCSC2)c(Cl)c1. The zero-order valence-electron chi connectivity index (χ0n) is 9.03. The van der Waals surface area contributed by atoms with E-state index in [9.17, 15) is 8.42 Å². The molecule has 2 rings (SSSR count). The monoisotopic (exact) mass is 310 g/mol. The second-order valence-electron chi connectivity index (χ2n) is 4.10. The lowest BCUT2D eigenvalue weighted by molar-refractivity contribution is 0.609. The van der Waals surface area contributed by atoms with Crippen LogP contribution in [0.15, 0.2) is 18.2 Å². The first-order valence-electron chi connectivity index (χ1n) is 5.24. The first-order valence-corrected chi connectivity index (χ1v) is 9.25. The van der Waals surface area contributed by atoms with E-state index in [1.165, 1.54) is 5.75 Å². The number of halogens is 2. The van der Waals surface area contributed by atoms with Crippen molar-refractivity contribution < 1.29 is 8.42 Å². The fourth-order valence-electron chi connectivity index (χ4n) is 1.97. The Morgan fingerprint density at radius 2 is 2.18 bits per heavy atom. The summed E-state index contributed by atoms with van der Waals surface area (Å²) in [5, 5.41) is 0.648. The molecule has 0 N–H and O–H groups in total. The van der Waals surface area contributed by atoms with Crippen molar-refractivity contribution in [3.8, 4) is 0 Å². The third kappa shape index (κ3) is 3.78. The average molecular weight is 311 g/mol. The number of hydrogen-bond acceptors (Lipinski definition) is 3. The highest BCUT2D eigenvalue weighted by Gasteiger charge is 2.20. The van der Waals surface area contributed by atoms with Crippen LogP contribution in [-0.2, 0) is 14.8 Å². The topological polar surface area (TPSA) is 34.1 Å². The van der Waals surface area contributed by atoms with Crippen LogP contribution in [0.25, 0.3) is 0 Å². The van der Waals surface area contributed by atoms with Gasteiger partial charge in [0.1, 0.15) is 0 Å². The molecule has 0 saturated carbocycles. The number of thioether (sulfide) groups is 1. The first-order chi connectivity index (χ1) is 7.96. The molecule has 0 radical (unpaired) electrons. The van der Waals surface area contributed by atoms with Crippen LogP contribution in [0.4, 0.5) is 0 Å². The maximum Gasteiger partial charge on any atom is 0.236 e. The molecule has 1 unspecified atom stereocenters. The summed E-state index contributed by atoms with van der Waals surface area (Å²) in [6.45, 7) is 0. The van der Waals surface area contributed by atoms with Crippen LogP contribution in [-0.4, -0.2) is 19.9 Å². The van der Waals surface area contributed by atoms with Gasteiger partial charge in [-0.3, -0.25) is 0 Å². The van der Waals surface area contributed by atoms with Gasteiger partial charge < -0.3 is 0 Å². The molecule has 1 heterocycles. The Morgan fingerprint density at radius 1 is 1.41 bits per heavy atom. The highest BCUT2D eigenvalue weighted by Crippen LogP contribution is 2.36. The predicted molar refractivity (Wildman–Crippen MR) is 74.6 cm³/mol. The Bertz CT molecular complexity index is 508. The summed E-state index contributed by atoms with van der Waals surface area (Å²) in [5.74, 6) is 2.58. The van der Waals surface area contributed by atoms with Crippen molar-refractivity contribution in [3.05, 3.63) is 34.3 Å². The van der Waals surface area contributed by atoms with Gasteiger partial charge in [-0.2, -0.15) is 11.8 Å². The molecule has 1 atom stereocenters. The highest BCUT2D eigenvalue weighted by atomic mass is 35.7. The van der Waals surface area contributed by atoms with Crippen molar-refractivity contribution in [3.63, 3.8) is 0 Å². The quantitative estimate of drug-likeness (QED) is 0.799. The lowest BCUT2D eigenvalue weighted by Crippen LogP contribution is -2.00. The molecular weight excluding hydrogens is 299 g/mol. The summed E-state index contributed by atoms with van der Waals surface area (Å²) < 4.78 is 21.9. The van der Waals surface area contributed by atoms with E-state index in [1.54, 1.807) is 12.1 Å². The van der Waals surface area contributed by atoms with E-state index in [0.29, 0.717) is 16.5 Å². The normalized spacial score (nSPS) is 20.7. The minimum absolute atomic E-state index is 0.173. The molecule has 1 aliphatic heterocycles. The zero-order valence-corrected chi connectivity index (χ0v) is 12.2. The fourth-order valence-corrected chi connectivity index (χ4v) is 4.53. The van der Waals surface area contributed by atoms with Gasteiger partial charge in [-0.25, -0.2) is 8.42 Å². The van der Waals surface area contributed by atoms with Crippen LogP contribution in [0.5, 0.6) is 0 Å². The van der Waals surface area contributed by atoms with E-state index >= 15 is 0 Å². The maximum absolute atomic E-state index is 11.0. The molecular formula is C11H12Cl2O2S2. The molecule has 0 amide bonds. The van der Waals surface area contributed by atoms with Gasteiger partial charge >= 0.3 is 0 Å². The Balaban J connectivity index is 2.22. The molecule has 17 heavy (non-hydrogen) atoms. The van der Waals surface area contributed by atoms with Crippen molar-refractivity contribution in [1.82, 2.24) is 0 Å². The molecule has 2 nitrogen and oxygen atoms in total. The summed E-state index contributed by atoms with van der Waals surface area (Å²) in [4.78, 5) is 0. The number of rotatable bonds is 3. The minimum Gasteiger partial charge on any atom is -0.212 e. The standard InChI is InChI=1S/C11H12Cl2O2S2/c12-11-5-8(7-17(13,14)15)1-2-10(11)9-3-4-16-6-9/h1-2,5,9H,3-4,6-7H2. The van der Waals surface area contributed by atoms with Crippen LogP contribution >= 0.6 is 34.0 Å². The van der Waals surface area contributed by atoms with Crippen molar-refractivity contribution in [1.29, 1.82) is 0 Å². The predicted octanol–water partition coefficient (Wildman–Crippen LogP) is 3.63. The molecule has 0 spiro atoms. The molecule has 1 aromatic carbocycles. The third-order valence-corrected chi connectivity index (χ3v) is 5.27. The fraction of sp³-hybridized carbons (Fsp3) is 0.455. The van der Waals surface area contributed by atoms with E-state index in [0.717, 1.165) is 17.7 Å². The van der Waals surface area contributed by atoms with Crippen LogP contribution in [0, 0.1) is 0 Å². The Hall–Kier alpha value is 0.1000. The molecule has 1 aromatic rings. The van der Waals surface area contributed by atoms with Gasteiger partial charge in [0, 0.05) is 21.5 Å². The molecule has 1 fully saturated rings. The number of benzene rings is 1. The van der Waals surface area contributed by atoms with Gasteiger partial charge in [0.15, 0.2) is 0 Å². The van der Waals surface area contributed by atoms with Crippen molar-refractivity contribution >= 4 is 43.1 Å². The first kappa shape index (κ1) is 13.5. The third-order valence-electron chi connectivity index (χ3n) is 2.77. The highest BCUT2D eigenvalue weighted by molar-refractivity contribution is 8.13. The van der Waals surface area contributed by atoms with Gasteiger partial charge in [-0.1, -0.05) is 23.7 Å². The zero-order chi connectivity index (χ0) is 12.5. The Kier molecular flexibility index (Phi) is 4.29. The molecule has 0 bridgehead atoms. The van der Waals surface area contributed by atoms with Gasteiger partial charge in [-0.15, -0.1) is 0 Å². The summed E-state index contributed by atoms with van der Waals surface area (Å²) in [7, 11) is 1.70. The van der Waals surface area contributed by atoms with E-state index in [1.807, 2.05) is 17.8 Å². The second kappa shape index (κ2) is 5.39. The van der Waals surface area contributed by atoms with Gasteiger partial charge in [-0.05, 0) is 35.3 Å². The second-order valence-corrected chi connectivity index (χ2v) is 8.43. The summed E-state index contributed by atoms with van der Waals surface area (Å²) in [5.41, 5.74) is 1.76. The molecule has 0 aliphatic carbocycles. The summed E-state index contributed by atoms with van der Waals surface area (Å²) in [6, 6.07) is 5.43. The summed E-state index contributed by atoms with van der Waals surface area (Å²) >= 11 is 8.12. The minimum atomic E-state index is -3.52. The molecule has 6 heteroatoms. The van der Waals surface area contributed by atoms with Gasteiger partial charge in [0.2, 0.25) is 9.05 Å². The largest absolute Gasteiger partial charge is 0.236 e. The van der Waals surface area contributed by atoms with Crippen LogP contribution in [0.2, 0.25) is 5.02 Å². The Morgan fingerprint density at radius 3 is 2.71 bits per heavy atom. The maximum atomic E-state index is 11.0. The number of hydrogen-bond donors (Lipinski definition) is 0. The van der Waals surface area contributed by atoms with Crippen molar-refractivity contribution in [2.75, 3.05) is 11.5 Å². The van der Waals surface area contributed by atoms with E-state index in [2.05, 4.69) is 0 Å². The van der Waals surface area contributed by atoms with E-state index in [-0.39, 0.29) is 5.75 Å². The lowest BCUT2D eigenvalue weighted by atomic mass is 9.98. The van der Waals surface area contributed by atoms with Crippen LogP contribution in [0.3, 0.4) is 0 Å². The molecule has 1 saturated heterocycles.